The van der Waals surface area contributed by atoms with Crippen LogP contribution in [0.5, 0.6) is 0 Å². The van der Waals surface area contributed by atoms with Crippen LogP contribution in [0, 0.1) is 24.0 Å². The zero-order valence-corrected chi connectivity index (χ0v) is 9.41. The van der Waals surface area contributed by atoms with Gasteiger partial charge in [-0.25, -0.2) is 9.67 Å². The second-order valence-corrected chi connectivity index (χ2v) is 3.64. The van der Waals surface area contributed by atoms with E-state index in [9.17, 15) is 10.1 Å². The number of nitrogen functional groups attached to an aromatic ring is 1. The molecule has 0 bridgehead atoms. The summed E-state index contributed by atoms with van der Waals surface area (Å²) in [6, 6.07) is 3.34. The van der Waals surface area contributed by atoms with Crippen LogP contribution in [-0.4, -0.2) is 19.7 Å². The number of hydrogen-bond donors (Lipinski definition) is 1. The van der Waals surface area contributed by atoms with Gasteiger partial charge in [0, 0.05) is 0 Å². The van der Waals surface area contributed by atoms with Crippen molar-refractivity contribution in [1.29, 1.82) is 0 Å². The number of nitro groups is 1. The molecular formula is C10H11N5O2. The van der Waals surface area contributed by atoms with Gasteiger partial charge in [0.05, 0.1) is 16.8 Å². The molecule has 0 radical (unpaired) electrons. The molecule has 7 heteroatoms. The molecule has 88 valence electrons. The van der Waals surface area contributed by atoms with Gasteiger partial charge in [0.1, 0.15) is 11.4 Å². The maximum absolute atomic E-state index is 10.9. The number of hydrogen-bond acceptors (Lipinski definition) is 5. The first-order valence-electron chi connectivity index (χ1n) is 4.93. The molecule has 0 saturated carbocycles. The number of aryl methyl sites for hydroxylation is 1. The van der Waals surface area contributed by atoms with Crippen molar-refractivity contribution in [2.75, 3.05) is 5.73 Å². The lowest BCUT2D eigenvalue weighted by atomic mass is 10.3. The number of aromatic nitrogens is 3. The highest BCUT2D eigenvalue weighted by Crippen LogP contribution is 2.23. The van der Waals surface area contributed by atoms with E-state index in [0.29, 0.717) is 22.9 Å². The topological polar surface area (TPSA) is 99.9 Å². The van der Waals surface area contributed by atoms with Crippen LogP contribution in [0.25, 0.3) is 5.82 Å². The summed E-state index contributed by atoms with van der Waals surface area (Å²) >= 11 is 0. The van der Waals surface area contributed by atoms with Crippen LogP contribution < -0.4 is 5.73 Å². The predicted octanol–water partition coefficient (Wildman–Crippen LogP) is 1.37. The highest BCUT2D eigenvalue weighted by Gasteiger charge is 2.22. The number of anilines is 1. The van der Waals surface area contributed by atoms with Crippen LogP contribution in [0.1, 0.15) is 11.4 Å². The summed E-state index contributed by atoms with van der Waals surface area (Å²) in [6.07, 6.45) is 1.48. The van der Waals surface area contributed by atoms with Gasteiger partial charge >= 0.3 is 5.69 Å². The van der Waals surface area contributed by atoms with Crippen LogP contribution in [0.2, 0.25) is 0 Å². The molecule has 2 heterocycles. The Kier molecular flexibility index (Phi) is 2.51. The first-order chi connectivity index (χ1) is 8.00. The highest BCUT2D eigenvalue weighted by atomic mass is 16.6. The summed E-state index contributed by atoms with van der Waals surface area (Å²) in [7, 11) is 0. The lowest BCUT2D eigenvalue weighted by molar-refractivity contribution is -0.386. The van der Waals surface area contributed by atoms with Crippen molar-refractivity contribution in [3.63, 3.8) is 0 Å². The van der Waals surface area contributed by atoms with E-state index < -0.39 is 4.92 Å². The van der Waals surface area contributed by atoms with E-state index in [1.807, 2.05) is 0 Å². The monoisotopic (exact) mass is 233 g/mol. The predicted molar refractivity (Wildman–Crippen MR) is 61.9 cm³/mol. The number of rotatable bonds is 2. The van der Waals surface area contributed by atoms with Crippen molar-refractivity contribution in [2.45, 2.75) is 13.8 Å². The molecule has 2 aromatic rings. The van der Waals surface area contributed by atoms with Gasteiger partial charge < -0.3 is 5.73 Å². The van der Waals surface area contributed by atoms with E-state index in [1.165, 1.54) is 10.9 Å². The summed E-state index contributed by atoms with van der Waals surface area (Å²) in [5, 5.41) is 15.0. The Bertz CT molecular complexity index is 573. The molecule has 0 saturated heterocycles. The number of nitrogens with two attached hydrogens (primary N) is 1. The minimum atomic E-state index is -0.439. The summed E-state index contributed by atoms with van der Waals surface area (Å²) in [5.41, 5.74) is 6.89. The van der Waals surface area contributed by atoms with Crippen molar-refractivity contribution in [3.8, 4) is 5.82 Å². The van der Waals surface area contributed by atoms with Crippen LogP contribution in [0.3, 0.4) is 0 Å². The average molecular weight is 233 g/mol. The van der Waals surface area contributed by atoms with E-state index in [1.54, 1.807) is 26.0 Å². The van der Waals surface area contributed by atoms with Crippen molar-refractivity contribution >= 4 is 11.4 Å². The zero-order chi connectivity index (χ0) is 12.6. The second kappa shape index (κ2) is 3.85. The quantitative estimate of drug-likeness (QED) is 0.623. The van der Waals surface area contributed by atoms with Gasteiger partial charge in [-0.05, 0) is 26.0 Å². The third kappa shape index (κ3) is 1.82. The molecule has 0 atom stereocenters. The van der Waals surface area contributed by atoms with Crippen LogP contribution in [0.4, 0.5) is 11.4 Å². The smallest absolute Gasteiger partial charge is 0.313 e. The van der Waals surface area contributed by atoms with E-state index in [0.717, 1.165) is 0 Å². The standard InChI is InChI=1S/C10H11N5O2/c1-6-10(15(16)17)7(2)14(13-6)9-4-3-8(11)5-12-9/h3-5H,11H2,1-2H3. The zero-order valence-electron chi connectivity index (χ0n) is 9.41. The Labute approximate surface area is 97.0 Å². The van der Waals surface area contributed by atoms with Crippen molar-refractivity contribution in [3.05, 3.63) is 39.8 Å². The first kappa shape index (κ1) is 11.1. The Morgan fingerprint density at radius 1 is 1.41 bits per heavy atom. The SMILES string of the molecule is Cc1nn(-c2ccc(N)cn2)c(C)c1[N+](=O)[O-]. The van der Waals surface area contributed by atoms with Gasteiger partial charge in [-0.2, -0.15) is 5.10 Å². The third-order valence-electron chi connectivity index (χ3n) is 2.42. The lowest BCUT2D eigenvalue weighted by Gasteiger charge is -2.02. The fraction of sp³-hybridized carbons (Fsp3) is 0.200. The summed E-state index contributed by atoms with van der Waals surface area (Å²) in [6.45, 7) is 3.23. The lowest BCUT2D eigenvalue weighted by Crippen LogP contribution is -2.02. The Morgan fingerprint density at radius 2 is 2.12 bits per heavy atom. The maximum atomic E-state index is 10.9. The molecule has 17 heavy (non-hydrogen) atoms. The van der Waals surface area contributed by atoms with E-state index in [2.05, 4.69) is 10.1 Å². The maximum Gasteiger partial charge on any atom is 0.313 e. The Morgan fingerprint density at radius 3 is 2.59 bits per heavy atom. The summed E-state index contributed by atoms with van der Waals surface area (Å²) < 4.78 is 1.44. The molecule has 0 aliphatic heterocycles. The van der Waals surface area contributed by atoms with Crippen molar-refractivity contribution in [2.24, 2.45) is 0 Å². The van der Waals surface area contributed by atoms with Crippen molar-refractivity contribution < 1.29 is 4.92 Å². The van der Waals surface area contributed by atoms with Gasteiger partial charge in [0.15, 0.2) is 5.82 Å². The molecule has 7 nitrogen and oxygen atoms in total. The number of pyridine rings is 1. The van der Waals surface area contributed by atoms with Gasteiger partial charge in [0.25, 0.3) is 0 Å². The molecule has 0 unspecified atom stereocenters. The van der Waals surface area contributed by atoms with Crippen molar-refractivity contribution in [1.82, 2.24) is 14.8 Å². The molecule has 0 amide bonds. The summed E-state index contributed by atoms with van der Waals surface area (Å²) in [5.74, 6) is 0.507. The van der Waals surface area contributed by atoms with Gasteiger partial charge in [-0.15, -0.1) is 0 Å². The largest absolute Gasteiger partial charge is 0.397 e. The third-order valence-corrected chi connectivity index (χ3v) is 2.42. The normalized spacial score (nSPS) is 10.5. The molecular weight excluding hydrogens is 222 g/mol. The van der Waals surface area contributed by atoms with Gasteiger partial charge in [0.2, 0.25) is 0 Å². The van der Waals surface area contributed by atoms with E-state index >= 15 is 0 Å². The molecule has 0 aliphatic carbocycles. The first-order valence-corrected chi connectivity index (χ1v) is 4.93. The second-order valence-electron chi connectivity index (χ2n) is 3.64. The minimum Gasteiger partial charge on any atom is -0.397 e. The molecule has 0 aliphatic rings. The fourth-order valence-corrected chi connectivity index (χ4v) is 1.64. The molecule has 0 spiro atoms. The number of nitrogens with zero attached hydrogens (tertiary/aromatic N) is 4. The highest BCUT2D eigenvalue weighted by molar-refractivity contribution is 5.45. The molecule has 2 N–H and O–H groups in total. The minimum absolute atomic E-state index is 0.0172. The Balaban J connectivity index is 2.57. The Hall–Kier alpha value is -2.44. The molecule has 2 aromatic heterocycles. The molecule has 2 rings (SSSR count). The van der Waals surface area contributed by atoms with E-state index in [-0.39, 0.29) is 5.69 Å². The van der Waals surface area contributed by atoms with Crippen LogP contribution in [0.15, 0.2) is 18.3 Å². The average Bonchev–Trinajstić information content (AvgIpc) is 2.55. The van der Waals surface area contributed by atoms with E-state index in [4.69, 9.17) is 5.73 Å². The van der Waals surface area contributed by atoms with Crippen LogP contribution in [-0.2, 0) is 0 Å². The molecule has 0 aromatic carbocycles. The van der Waals surface area contributed by atoms with Crippen LogP contribution >= 0.6 is 0 Å². The fourth-order valence-electron chi connectivity index (χ4n) is 1.64. The molecule has 0 fully saturated rings. The van der Waals surface area contributed by atoms with Gasteiger partial charge in [-0.3, -0.25) is 10.1 Å². The van der Waals surface area contributed by atoms with Gasteiger partial charge in [-0.1, -0.05) is 0 Å². The summed E-state index contributed by atoms with van der Waals surface area (Å²) in [4.78, 5) is 14.5.